The van der Waals surface area contributed by atoms with Crippen molar-refractivity contribution in [2.75, 3.05) is 0 Å². The SMILES string of the molecule is CC(C)C(N)C(=O)N[C@@H](C(=O)O)C1CCCCC1. The molecule has 18 heavy (non-hydrogen) atoms. The Morgan fingerprint density at radius 3 is 2.22 bits per heavy atom. The molecule has 0 saturated heterocycles. The van der Waals surface area contributed by atoms with Crippen LogP contribution in [0.15, 0.2) is 0 Å². The maximum atomic E-state index is 11.8. The Kier molecular flexibility index (Phi) is 5.59. The second-order valence-corrected chi connectivity index (χ2v) is 5.49. The normalized spacial score (nSPS) is 20.4. The summed E-state index contributed by atoms with van der Waals surface area (Å²) >= 11 is 0. The Labute approximate surface area is 108 Å². The lowest BCUT2D eigenvalue weighted by Gasteiger charge is -2.29. The van der Waals surface area contributed by atoms with E-state index in [4.69, 9.17) is 5.73 Å². The highest BCUT2D eigenvalue weighted by Crippen LogP contribution is 2.26. The first-order chi connectivity index (χ1) is 8.43. The Bertz CT molecular complexity index is 299. The molecule has 0 bridgehead atoms. The highest BCUT2D eigenvalue weighted by Gasteiger charge is 2.32. The van der Waals surface area contributed by atoms with Gasteiger partial charge in [-0.15, -0.1) is 0 Å². The van der Waals surface area contributed by atoms with Crippen molar-refractivity contribution in [3.63, 3.8) is 0 Å². The largest absolute Gasteiger partial charge is 0.480 e. The predicted octanol–water partition coefficient (Wildman–Crippen LogP) is 1.12. The lowest BCUT2D eigenvalue weighted by atomic mass is 9.83. The van der Waals surface area contributed by atoms with E-state index >= 15 is 0 Å². The first-order valence-electron chi connectivity index (χ1n) is 6.72. The Morgan fingerprint density at radius 1 is 1.22 bits per heavy atom. The van der Waals surface area contributed by atoms with Crippen LogP contribution in [-0.2, 0) is 9.59 Å². The van der Waals surface area contributed by atoms with Crippen molar-refractivity contribution in [1.82, 2.24) is 5.32 Å². The third kappa shape index (κ3) is 3.98. The minimum absolute atomic E-state index is 0.00537. The highest BCUT2D eigenvalue weighted by molar-refractivity contribution is 5.87. The van der Waals surface area contributed by atoms with Crippen LogP contribution in [0.5, 0.6) is 0 Å². The minimum Gasteiger partial charge on any atom is -0.480 e. The molecule has 5 nitrogen and oxygen atoms in total. The van der Waals surface area contributed by atoms with E-state index in [1.165, 1.54) is 0 Å². The van der Waals surface area contributed by atoms with Crippen molar-refractivity contribution in [2.24, 2.45) is 17.6 Å². The van der Waals surface area contributed by atoms with Gasteiger partial charge in [-0.25, -0.2) is 4.79 Å². The van der Waals surface area contributed by atoms with Gasteiger partial charge in [0.15, 0.2) is 0 Å². The van der Waals surface area contributed by atoms with E-state index in [2.05, 4.69) is 5.32 Å². The molecule has 0 aromatic heterocycles. The smallest absolute Gasteiger partial charge is 0.326 e. The third-order valence-electron chi connectivity index (χ3n) is 3.71. The molecule has 0 aliphatic heterocycles. The highest BCUT2D eigenvalue weighted by atomic mass is 16.4. The van der Waals surface area contributed by atoms with Crippen LogP contribution >= 0.6 is 0 Å². The summed E-state index contributed by atoms with van der Waals surface area (Å²) in [5.41, 5.74) is 5.73. The van der Waals surface area contributed by atoms with E-state index in [0.29, 0.717) is 0 Å². The van der Waals surface area contributed by atoms with Gasteiger partial charge in [-0.1, -0.05) is 33.1 Å². The summed E-state index contributed by atoms with van der Waals surface area (Å²) in [7, 11) is 0. The van der Waals surface area contributed by atoms with Crippen LogP contribution in [0.2, 0.25) is 0 Å². The zero-order valence-corrected chi connectivity index (χ0v) is 11.2. The van der Waals surface area contributed by atoms with Crippen LogP contribution in [0.1, 0.15) is 46.0 Å². The zero-order valence-electron chi connectivity index (χ0n) is 11.2. The van der Waals surface area contributed by atoms with E-state index in [0.717, 1.165) is 32.1 Å². The number of carboxylic acid groups (broad SMARTS) is 1. The fourth-order valence-electron chi connectivity index (χ4n) is 2.40. The third-order valence-corrected chi connectivity index (χ3v) is 3.71. The monoisotopic (exact) mass is 256 g/mol. The van der Waals surface area contributed by atoms with Gasteiger partial charge in [-0.05, 0) is 24.7 Å². The van der Waals surface area contributed by atoms with Crippen LogP contribution in [0.3, 0.4) is 0 Å². The summed E-state index contributed by atoms with van der Waals surface area (Å²) < 4.78 is 0. The van der Waals surface area contributed by atoms with Crippen molar-refractivity contribution < 1.29 is 14.7 Å². The van der Waals surface area contributed by atoms with Gasteiger partial charge in [-0.3, -0.25) is 4.79 Å². The fraction of sp³-hybridized carbons (Fsp3) is 0.846. The van der Waals surface area contributed by atoms with Gasteiger partial charge in [0.2, 0.25) is 5.91 Å². The number of carbonyl (C=O) groups is 2. The van der Waals surface area contributed by atoms with Gasteiger partial charge in [0.25, 0.3) is 0 Å². The Hall–Kier alpha value is -1.10. The van der Waals surface area contributed by atoms with E-state index < -0.39 is 18.1 Å². The maximum Gasteiger partial charge on any atom is 0.326 e. The van der Waals surface area contributed by atoms with Crippen molar-refractivity contribution in [2.45, 2.75) is 58.0 Å². The van der Waals surface area contributed by atoms with E-state index in [9.17, 15) is 14.7 Å². The quantitative estimate of drug-likeness (QED) is 0.687. The van der Waals surface area contributed by atoms with Crippen LogP contribution in [0.4, 0.5) is 0 Å². The van der Waals surface area contributed by atoms with E-state index in [1.54, 1.807) is 0 Å². The molecule has 1 amide bonds. The fourth-order valence-corrected chi connectivity index (χ4v) is 2.40. The van der Waals surface area contributed by atoms with Gasteiger partial charge in [0, 0.05) is 0 Å². The van der Waals surface area contributed by atoms with Gasteiger partial charge in [0.1, 0.15) is 6.04 Å². The average molecular weight is 256 g/mol. The summed E-state index contributed by atoms with van der Waals surface area (Å²) in [6, 6.07) is -1.43. The predicted molar refractivity (Wildman–Crippen MR) is 69.0 cm³/mol. The summed E-state index contributed by atoms with van der Waals surface area (Å²) in [4.78, 5) is 23.1. The molecule has 1 aliphatic rings. The summed E-state index contributed by atoms with van der Waals surface area (Å²) in [5.74, 6) is -1.26. The molecule has 0 aromatic carbocycles. The van der Waals surface area contributed by atoms with Gasteiger partial charge < -0.3 is 16.2 Å². The van der Waals surface area contributed by atoms with Crippen molar-refractivity contribution in [3.8, 4) is 0 Å². The van der Waals surface area contributed by atoms with Crippen LogP contribution in [0.25, 0.3) is 0 Å². The topological polar surface area (TPSA) is 92.4 Å². The first kappa shape index (κ1) is 15.0. The molecule has 1 unspecified atom stereocenters. The summed E-state index contributed by atoms with van der Waals surface area (Å²) in [6.45, 7) is 3.70. The number of hydrogen-bond donors (Lipinski definition) is 3. The number of hydrogen-bond acceptors (Lipinski definition) is 3. The molecule has 1 fully saturated rings. The molecule has 0 radical (unpaired) electrons. The number of nitrogens with two attached hydrogens (primary N) is 1. The molecule has 0 heterocycles. The summed E-state index contributed by atoms with van der Waals surface area (Å²) in [5, 5.41) is 11.8. The van der Waals surface area contributed by atoms with Gasteiger partial charge in [0.05, 0.1) is 6.04 Å². The first-order valence-corrected chi connectivity index (χ1v) is 6.72. The lowest BCUT2D eigenvalue weighted by Crippen LogP contribution is -2.53. The Balaban J connectivity index is 2.62. The van der Waals surface area contributed by atoms with Gasteiger partial charge in [-0.2, -0.15) is 0 Å². The van der Waals surface area contributed by atoms with Gasteiger partial charge >= 0.3 is 5.97 Å². The number of amides is 1. The number of nitrogens with one attached hydrogen (secondary N) is 1. The maximum absolute atomic E-state index is 11.8. The molecular formula is C13H24N2O3. The second kappa shape index (κ2) is 6.73. The number of rotatable bonds is 5. The minimum atomic E-state index is -0.953. The zero-order chi connectivity index (χ0) is 13.7. The molecule has 1 saturated carbocycles. The van der Waals surface area contributed by atoms with Crippen molar-refractivity contribution in [3.05, 3.63) is 0 Å². The Morgan fingerprint density at radius 2 is 1.78 bits per heavy atom. The number of carboxylic acids is 1. The van der Waals surface area contributed by atoms with Crippen LogP contribution in [-0.4, -0.2) is 29.1 Å². The van der Waals surface area contributed by atoms with Crippen molar-refractivity contribution in [1.29, 1.82) is 0 Å². The molecule has 2 atom stereocenters. The van der Waals surface area contributed by atoms with E-state index in [-0.39, 0.29) is 17.7 Å². The lowest BCUT2D eigenvalue weighted by molar-refractivity contribution is -0.144. The number of carbonyl (C=O) groups excluding carboxylic acids is 1. The molecule has 4 N–H and O–H groups in total. The molecule has 1 aliphatic carbocycles. The standard InChI is InChI=1S/C13H24N2O3/c1-8(2)10(14)12(16)15-11(13(17)18)9-6-4-3-5-7-9/h8-11H,3-7,14H2,1-2H3,(H,15,16)(H,17,18)/t10?,11-/m1/s1. The van der Waals surface area contributed by atoms with E-state index in [1.807, 2.05) is 13.8 Å². The average Bonchev–Trinajstić information content (AvgIpc) is 2.35. The summed E-state index contributed by atoms with van der Waals surface area (Å²) in [6.07, 6.45) is 4.98. The van der Waals surface area contributed by atoms with Crippen molar-refractivity contribution >= 4 is 11.9 Å². The molecule has 104 valence electrons. The molecule has 0 aromatic rings. The molecule has 1 rings (SSSR count). The molecular weight excluding hydrogens is 232 g/mol. The molecule has 5 heteroatoms. The number of aliphatic carboxylic acids is 1. The van der Waals surface area contributed by atoms with Crippen LogP contribution in [0, 0.1) is 11.8 Å². The van der Waals surface area contributed by atoms with Crippen LogP contribution < -0.4 is 11.1 Å². The second-order valence-electron chi connectivity index (χ2n) is 5.49. The molecule has 0 spiro atoms.